The van der Waals surface area contributed by atoms with Crippen molar-refractivity contribution in [1.29, 1.82) is 0 Å². The molecule has 30 heavy (non-hydrogen) atoms. The zero-order valence-corrected chi connectivity index (χ0v) is 17.8. The molecule has 1 aliphatic heterocycles. The van der Waals surface area contributed by atoms with Crippen LogP contribution in [0.2, 0.25) is 10.0 Å². The smallest absolute Gasteiger partial charge is 0.291 e. The topological polar surface area (TPSA) is 62.6 Å². The molecule has 1 unspecified atom stereocenters. The van der Waals surface area contributed by atoms with E-state index in [-0.39, 0.29) is 23.6 Å². The minimum atomic E-state index is -0.359. The number of halogens is 2. The van der Waals surface area contributed by atoms with Crippen molar-refractivity contribution >= 4 is 40.7 Å². The van der Waals surface area contributed by atoms with Crippen molar-refractivity contribution in [2.75, 3.05) is 11.9 Å². The van der Waals surface area contributed by atoms with Crippen molar-refractivity contribution in [2.45, 2.75) is 25.8 Å². The van der Waals surface area contributed by atoms with Gasteiger partial charge in [-0.3, -0.25) is 9.59 Å². The third-order valence-electron chi connectivity index (χ3n) is 5.32. The number of aryl methyl sites for hydroxylation is 1. The fourth-order valence-corrected chi connectivity index (χ4v) is 4.03. The van der Waals surface area contributed by atoms with E-state index >= 15 is 0 Å². The van der Waals surface area contributed by atoms with Gasteiger partial charge in [0.2, 0.25) is 0 Å². The summed E-state index contributed by atoms with van der Waals surface area (Å²) >= 11 is 12.2. The maximum atomic E-state index is 13.3. The summed E-state index contributed by atoms with van der Waals surface area (Å²) in [6.45, 7) is 2.53. The van der Waals surface area contributed by atoms with E-state index in [4.69, 9.17) is 27.6 Å². The Morgan fingerprint density at radius 2 is 1.93 bits per heavy atom. The van der Waals surface area contributed by atoms with E-state index in [1.54, 1.807) is 30.3 Å². The number of nitrogens with one attached hydrogen (secondary N) is 1. The zero-order chi connectivity index (χ0) is 21.3. The van der Waals surface area contributed by atoms with Crippen LogP contribution in [-0.4, -0.2) is 23.3 Å². The molecule has 1 aromatic heterocycles. The lowest BCUT2D eigenvalue weighted by atomic mass is 10.0. The second kappa shape index (κ2) is 8.54. The quantitative estimate of drug-likeness (QED) is 0.528. The van der Waals surface area contributed by atoms with Crippen molar-refractivity contribution in [3.63, 3.8) is 0 Å². The number of carbonyl (C=O) groups excluding carboxylic acids is 2. The largest absolute Gasteiger partial charge is 0.459 e. The van der Waals surface area contributed by atoms with E-state index in [2.05, 4.69) is 5.32 Å². The Balaban J connectivity index is 1.58. The number of benzene rings is 2. The minimum absolute atomic E-state index is 0.0604. The lowest BCUT2D eigenvalue weighted by Crippen LogP contribution is -2.30. The number of nitrogens with zero attached hydrogens (tertiary/aromatic N) is 1. The second-order valence-corrected chi connectivity index (χ2v) is 8.11. The van der Waals surface area contributed by atoms with Crippen LogP contribution in [0.25, 0.3) is 0 Å². The summed E-state index contributed by atoms with van der Waals surface area (Å²) in [6.07, 6.45) is 3.21. The molecule has 0 radical (unpaired) electrons. The average molecular weight is 443 g/mol. The standard InChI is InChI=1S/C23H20Cl2N2O3/c1-14-6-7-16(13-19(14)26-22(28)21-5-3-11-30-21)23(29)27-10-2-4-20(27)15-8-9-17(24)18(25)12-15/h3,5-9,11-13,20H,2,4,10H2,1H3,(H,26,28). The van der Waals surface area contributed by atoms with E-state index in [0.29, 0.717) is 27.8 Å². The molecule has 1 atom stereocenters. The summed E-state index contributed by atoms with van der Waals surface area (Å²) in [4.78, 5) is 27.5. The molecule has 1 aliphatic rings. The Bertz CT molecular complexity index is 1100. The molecule has 0 aliphatic carbocycles. The van der Waals surface area contributed by atoms with Crippen LogP contribution in [-0.2, 0) is 0 Å². The number of furan rings is 1. The highest BCUT2D eigenvalue weighted by Crippen LogP contribution is 2.36. The van der Waals surface area contributed by atoms with Crippen molar-refractivity contribution in [3.05, 3.63) is 87.3 Å². The van der Waals surface area contributed by atoms with Gasteiger partial charge in [-0.15, -0.1) is 0 Å². The highest BCUT2D eigenvalue weighted by atomic mass is 35.5. The molecule has 1 fully saturated rings. The van der Waals surface area contributed by atoms with Gasteiger partial charge in [-0.1, -0.05) is 35.3 Å². The van der Waals surface area contributed by atoms with Crippen LogP contribution in [0.4, 0.5) is 5.69 Å². The number of likely N-dealkylation sites (tertiary alicyclic amines) is 1. The monoisotopic (exact) mass is 442 g/mol. The molecule has 0 spiro atoms. The van der Waals surface area contributed by atoms with Crippen LogP contribution in [0.1, 0.15) is 50.9 Å². The van der Waals surface area contributed by atoms with Gasteiger partial charge in [0.25, 0.3) is 11.8 Å². The molecular weight excluding hydrogens is 423 g/mol. The van der Waals surface area contributed by atoms with Gasteiger partial charge in [0.1, 0.15) is 0 Å². The van der Waals surface area contributed by atoms with Gasteiger partial charge in [-0.05, 0) is 67.3 Å². The first kappa shape index (κ1) is 20.5. The van der Waals surface area contributed by atoms with Gasteiger partial charge in [-0.25, -0.2) is 0 Å². The summed E-state index contributed by atoms with van der Waals surface area (Å²) in [5, 5.41) is 3.79. The molecular formula is C23H20Cl2N2O3. The number of rotatable bonds is 4. The molecule has 5 nitrogen and oxygen atoms in total. The second-order valence-electron chi connectivity index (χ2n) is 7.29. The third kappa shape index (κ3) is 4.09. The van der Waals surface area contributed by atoms with Gasteiger partial charge >= 0.3 is 0 Å². The van der Waals surface area contributed by atoms with E-state index in [1.165, 1.54) is 6.26 Å². The summed E-state index contributed by atoms with van der Waals surface area (Å²) in [5.41, 5.74) is 2.91. The van der Waals surface area contributed by atoms with E-state index in [9.17, 15) is 9.59 Å². The number of hydrogen-bond acceptors (Lipinski definition) is 3. The fourth-order valence-electron chi connectivity index (χ4n) is 3.72. The van der Waals surface area contributed by atoms with Gasteiger partial charge in [0.15, 0.2) is 5.76 Å². The molecule has 7 heteroatoms. The third-order valence-corrected chi connectivity index (χ3v) is 6.06. The van der Waals surface area contributed by atoms with Crippen molar-refractivity contribution in [3.8, 4) is 0 Å². The average Bonchev–Trinajstić information content (AvgIpc) is 3.43. The van der Waals surface area contributed by atoms with E-state index < -0.39 is 0 Å². The highest BCUT2D eigenvalue weighted by Gasteiger charge is 2.31. The maximum Gasteiger partial charge on any atom is 0.291 e. The summed E-state index contributed by atoms with van der Waals surface area (Å²) < 4.78 is 5.14. The summed E-state index contributed by atoms with van der Waals surface area (Å²) in [5.74, 6) is -0.232. The molecule has 4 rings (SSSR count). The first-order chi connectivity index (χ1) is 14.4. The van der Waals surface area contributed by atoms with E-state index in [1.807, 2.05) is 30.0 Å². The lowest BCUT2D eigenvalue weighted by Gasteiger charge is -2.26. The number of amides is 2. The van der Waals surface area contributed by atoms with E-state index in [0.717, 1.165) is 24.0 Å². The summed E-state index contributed by atoms with van der Waals surface area (Å²) in [6, 6.07) is 14.0. The zero-order valence-electron chi connectivity index (χ0n) is 16.3. The van der Waals surface area contributed by atoms with Gasteiger partial charge in [0, 0.05) is 17.8 Å². The van der Waals surface area contributed by atoms with Crippen LogP contribution < -0.4 is 5.32 Å². The van der Waals surface area contributed by atoms with Gasteiger partial charge in [0.05, 0.1) is 22.4 Å². The van der Waals surface area contributed by atoms with Crippen molar-refractivity contribution < 1.29 is 14.0 Å². The molecule has 2 aromatic carbocycles. The predicted molar refractivity (Wildman–Crippen MR) is 117 cm³/mol. The van der Waals surface area contributed by atoms with Crippen LogP contribution in [0.15, 0.2) is 59.2 Å². The van der Waals surface area contributed by atoms with Crippen molar-refractivity contribution in [1.82, 2.24) is 4.90 Å². The Kier molecular flexibility index (Phi) is 5.84. The van der Waals surface area contributed by atoms with Gasteiger partial charge in [-0.2, -0.15) is 0 Å². The highest BCUT2D eigenvalue weighted by molar-refractivity contribution is 6.42. The molecule has 2 heterocycles. The van der Waals surface area contributed by atoms with Gasteiger partial charge < -0.3 is 14.6 Å². The minimum Gasteiger partial charge on any atom is -0.459 e. The van der Waals surface area contributed by atoms with Crippen LogP contribution in [0.3, 0.4) is 0 Å². The molecule has 0 bridgehead atoms. The predicted octanol–water partition coefficient (Wildman–Crippen LogP) is 6.12. The van der Waals surface area contributed by atoms with Crippen LogP contribution >= 0.6 is 23.2 Å². The first-order valence-electron chi connectivity index (χ1n) is 9.65. The Hall–Kier alpha value is -2.76. The summed E-state index contributed by atoms with van der Waals surface area (Å²) in [7, 11) is 0. The normalized spacial score (nSPS) is 16.0. The number of anilines is 1. The molecule has 154 valence electrons. The number of carbonyl (C=O) groups is 2. The van der Waals surface area contributed by atoms with Crippen molar-refractivity contribution in [2.24, 2.45) is 0 Å². The Morgan fingerprint density at radius 3 is 2.67 bits per heavy atom. The SMILES string of the molecule is Cc1ccc(C(=O)N2CCCC2c2ccc(Cl)c(Cl)c2)cc1NC(=O)c1ccco1. The maximum absolute atomic E-state index is 13.3. The Labute approximate surface area is 184 Å². The molecule has 0 saturated carbocycles. The fraction of sp³-hybridized carbons (Fsp3) is 0.217. The molecule has 1 N–H and O–H groups in total. The molecule has 1 saturated heterocycles. The van der Waals surface area contributed by atoms with Crippen LogP contribution in [0, 0.1) is 6.92 Å². The lowest BCUT2D eigenvalue weighted by molar-refractivity contribution is 0.0735. The number of hydrogen-bond donors (Lipinski definition) is 1. The first-order valence-corrected chi connectivity index (χ1v) is 10.4. The Morgan fingerprint density at radius 1 is 1.10 bits per heavy atom. The van der Waals surface area contributed by atoms with Crippen LogP contribution in [0.5, 0.6) is 0 Å². The molecule has 3 aromatic rings. The molecule has 2 amide bonds.